The third kappa shape index (κ3) is 6.34. The minimum absolute atomic E-state index is 0.00661. The van der Waals surface area contributed by atoms with Crippen molar-refractivity contribution in [2.75, 3.05) is 11.1 Å². The van der Waals surface area contributed by atoms with Gasteiger partial charge in [-0.05, 0) is 91.7 Å². The second-order valence-corrected chi connectivity index (χ2v) is 14.2. The molecule has 1 aliphatic heterocycles. The van der Waals surface area contributed by atoms with E-state index >= 15 is 0 Å². The van der Waals surface area contributed by atoms with Gasteiger partial charge in [0, 0.05) is 34.7 Å². The van der Waals surface area contributed by atoms with Crippen LogP contribution in [0.2, 0.25) is 0 Å². The number of nitrogens with zero attached hydrogens (tertiary/aromatic N) is 1. The zero-order chi connectivity index (χ0) is 29.4. The first-order valence-electron chi connectivity index (χ1n) is 15.7. The van der Waals surface area contributed by atoms with Crippen molar-refractivity contribution in [2.45, 2.75) is 81.1 Å². The van der Waals surface area contributed by atoms with Crippen molar-refractivity contribution in [2.24, 2.45) is 23.7 Å². The minimum Gasteiger partial charge on any atom is -0.392 e. The Hall–Kier alpha value is -2.91. The van der Waals surface area contributed by atoms with Crippen LogP contribution in [0.3, 0.4) is 0 Å². The topological polar surface area (TPSA) is 92.7 Å². The number of benzene rings is 2. The van der Waals surface area contributed by atoms with Gasteiger partial charge in [-0.3, -0.25) is 0 Å². The number of carbonyl (C=O) groups excluding carboxylic acids is 1. The van der Waals surface area contributed by atoms with Crippen LogP contribution in [0, 0.1) is 23.7 Å². The van der Waals surface area contributed by atoms with Crippen molar-refractivity contribution in [1.82, 2.24) is 10.3 Å². The smallest absolute Gasteiger partial charge is 0.319 e. The Morgan fingerprint density at radius 1 is 0.953 bits per heavy atom. The van der Waals surface area contributed by atoms with Gasteiger partial charge in [-0.2, -0.15) is 0 Å². The molecule has 8 heteroatoms. The molecular formula is C35H41N3O4S. The molecule has 1 aromatic heterocycles. The summed E-state index contributed by atoms with van der Waals surface area (Å²) in [6, 6.07) is 21.6. The molecule has 2 aromatic carbocycles. The van der Waals surface area contributed by atoms with E-state index in [0.29, 0.717) is 0 Å². The summed E-state index contributed by atoms with van der Waals surface area (Å²) >= 11 is 1.68. The molecule has 3 N–H and O–H groups in total. The lowest BCUT2D eigenvalue weighted by Gasteiger charge is -2.56. The van der Waals surface area contributed by atoms with Gasteiger partial charge in [-0.1, -0.05) is 49.4 Å². The quantitative estimate of drug-likeness (QED) is 0.236. The van der Waals surface area contributed by atoms with E-state index in [1.807, 2.05) is 72.9 Å². The van der Waals surface area contributed by atoms with Crippen LogP contribution in [0.25, 0.3) is 0 Å². The first-order chi connectivity index (χ1) is 20.9. The molecule has 3 aromatic rings. The van der Waals surface area contributed by atoms with E-state index in [-0.39, 0.29) is 36.3 Å². The monoisotopic (exact) mass is 599 g/mol. The standard InChI is InChI=1S/C35H41N3O4S/c1-22-30(21-43-31-7-2-3-12-36-31)41-33(42-32(22)27-10-8-23(20-39)9-11-27)28-5-4-6-29(16-28)37-34(40)38-35-17-24-13-25(18-35)15-26(14-24)19-35/h2-12,16,22,24-26,30,32-33,39H,13-15,17-21H2,1H3,(H2,37,38,40)/t22-,24?,25?,26?,30+,32+,33+,35?/m0/s1. The van der Waals surface area contributed by atoms with Crippen LogP contribution >= 0.6 is 11.8 Å². The Morgan fingerprint density at radius 2 is 1.70 bits per heavy atom. The number of aliphatic hydroxyl groups is 1. The van der Waals surface area contributed by atoms with Crippen molar-refractivity contribution < 1.29 is 19.4 Å². The van der Waals surface area contributed by atoms with E-state index in [9.17, 15) is 9.90 Å². The fourth-order valence-electron chi connectivity index (χ4n) is 8.34. The number of urea groups is 1. The average Bonchev–Trinajstić information content (AvgIpc) is 3.00. The molecule has 43 heavy (non-hydrogen) atoms. The van der Waals surface area contributed by atoms with E-state index in [4.69, 9.17) is 9.47 Å². The lowest BCUT2D eigenvalue weighted by molar-refractivity contribution is -0.268. The molecule has 4 bridgehead atoms. The molecule has 4 aliphatic carbocycles. The molecule has 4 saturated carbocycles. The Balaban J connectivity index is 1.07. The summed E-state index contributed by atoms with van der Waals surface area (Å²) in [5.74, 6) is 3.13. The number of aromatic nitrogens is 1. The predicted octanol–water partition coefficient (Wildman–Crippen LogP) is 7.25. The van der Waals surface area contributed by atoms with Crippen LogP contribution in [0.5, 0.6) is 0 Å². The number of rotatable bonds is 8. The van der Waals surface area contributed by atoms with E-state index in [1.54, 1.807) is 11.8 Å². The van der Waals surface area contributed by atoms with Crippen LogP contribution in [-0.4, -0.2) is 33.5 Å². The van der Waals surface area contributed by atoms with Gasteiger partial charge in [-0.15, -0.1) is 11.8 Å². The molecular weight excluding hydrogens is 558 g/mol. The van der Waals surface area contributed by atoms with E-state index in [2.05, 4.69) is 22.5 Å². The number of carbonyl (C=O) groups is 1. The van der Waals surface area contributed by atoms with Crippen molar-refractivity contribution in [3.63, 3.8) is 0 Å². The number of nitrogens with one attached hydrogen (secondary N) is 2. The number of ether oxygens (including phenoxy) is 2. The number of aliphatic hydroxyl groups excluding tert-OH is 1. The first kappa shape index (κ1) is 28.8. The van der Waals surface area contributed by atoms with Crippen LogP contribution in [-0.2, 0) is 16.1 Å². The van der Waals surface area contributed by atoms with E-state index < -0.39 is 6.29 Å². The minimum atomic E-state index is -0.596. The number of anilines is 1. The summed E-state index contributed by atoms with van der Waals surface area (Å²) in [6.45, 7) is 2.17. The highest BCUT2D eigenvalue weighted by atomic mass is 32.2. The summed E-state index contributed by atoms with van der Waals surface area (Å²) in [5.41, 5.74) is 3.47. The molecule has 2 amide bonds. The van der Waals surface area contributed by atoms with Crippen molar-refractivity contribution in [3.8, 4) is 0 Å². The first-order valence-corrected chi connectivity index (χ1v) is 16.7. The predicted molar refractivity (Wildman–Crippen MR) is 167 cm³/mol. The molecule has 4 atom stereocenters. The van der Waals surface area contributed by atoms with Crippen molar-refractivity contribution in [3.05, 3.63) is 89.6 Å². The van der Waals surface area contributed by atoms with Gasteiger partial charge in [0.1, 0.15) is 0 Å². The molecule has 0 radical (unpaired) electrons. The van der Waals surface area contributed by atoms with Crippen molar-refractivity contribution in [1.29, 1.82) is 0 Å². The average molecular weight is 600 g/mol. The van der Waals surface area contributed by atoms with Crippen LogP contribution < -0.4 is 10.6 Å². The Bertz CT molecular complexity index is 1380. The lowest BCUT2D eigenvalue weighted by Crippen LogP contribution is -2.60. The molecule has 5 aliphatic rings. The van der Waals surface area contributed by atoms with Gasteiger partial charge in [0.25, 0.3) is 0 Å². The maximum absolute atomic E-state index is 13.3. The van der Waals surface area contributed by atoms with E-state index in [0.717, 1.165) is 70.2 Å². The highest BCUT2D eigenvalue weighted by molar-refractivity contribution is 7.99. The highest BCUT2D eigenvalue weighted by Gasteiger charge is 2.51. The fourth-order valence-corrected chi connectivity index (χ4v) is 9.37. The lowest BCUT2D eigenvalue weighted by atomic mass is 9.53. The SMILES string of the molecule is C[C@H]1[C@@H](CSc2ccccn2)O[C@@H](c2cccc(NC(=O)NC34CC5CC(CC(C5)C3)C4)c2)O[C@H]1c1ccc(CO)cc1. The molecule has 0 spiro atoms. The maximum atomic E-state index is 13.3. The number of amides is 2. The molecule has 7 nitrogen and oxygen atoms in total. The van der Waals surface area contributed by atoms with Crippen LogP contribution in [0.1, 0.15) is 74.5 Å². The molecule has 8 rings (SSSR count). The summed E-state index contributed by atoms with van der Waals surface area (Å²) in [6.07, 6.45) is 8.31. The molecule has 0 unspecified atom stereocenters. The van der Waals surface area contributed by atoms with Gasteiger partial charge in [-0.25, -0.2) is 9.78 Å². The Kier molecular flexibility index (Phi) is 8.20. The van der Waals surface area contributed by atoms with Crippen LogP contribution in [0.4, 0.5) is 10.5 Å². The maximum Gasteiger partial charge on any atom is 0.319 e. The summed E-state index contributed by atoms with van der Waals surface area (Å²) in [4.78, 5) is 17.8. The van der Waals surface area contributed by atoms with Gasteiger partial charge in [0.05, 0.1) is 23.8 Å². The highest BCUT2D eigenvalue weighted by Crippen LogP contribution is 2.55. The van der Waals surface area contributed by atoms with Gasteiger partial charge in [0.2, 0.25) is 0 Å². The van der Waals surface area contributed by atoms with Gasteiger partial charge >= 0.3 is 6.03 Å². The number of hydrogen-bond acceptors (Lipinski definition) is 6. The van der Waals surface area contributed by atoms with Crippen LogP contribution in [0.15, 0.2) is 78.0 Å². The van der Waals surface area contributed by atoms with E-state index in [1.165, 1.54) is 19.3 Å². The van der Waals surface area contributed by atoms with Crippen molar-refractivity contribution >= 4 is 23.5 Å². The molecule has 226 valence electrons. The Labute approximate surface area is 258 Å². The van der Waals surface area contributed by atoms with Gasteiger partial charge < -0.3 is 25.2 Å². The fraction of sp³-hybridized carbons (Fsp3) is 0.486. The number of pyridine rings is 1. The molecule has 1 saturated heterocycles. The normalized spacial score (nSPS) is 32.8. The number of hydrogen-bond donors (Lipinski definition) is 3. The molecule has 2 heterocycles. The summed E-state index contributed by atoms with van der Waals surface area (Å²) < 4.78 is 13.3. The number of thioether (sulfide) groups is 1. The third-order valence-corrected chi connectivity index (χ3v) is 11.0. The second-order valence-electron chi connectivity index (χ2n) is 13.2. The summed E-state index contributed by atoms with van der Waals surface area (Å²) in [5, 5.41) is 17.0. The largest absolute Gasteiger partial charge is 0.392 e. The second kappa shape index (κ2) is 12.2. The van der Waals surface area contributed by atoms with Gasteiger partial charge in [0.15, 0.2) is 6.29 Å². The molecule has 5 fully saturated rings. The zero-order valence-corrected chi connectivity index (χ0v) is 25.5. The summed E-state index contributed by atoms with van der Waals surface area (Å²) in [7, 11) is 0. The Morgan fingerprint density at radius 3 is 2.37 bits per heavy atom. The third-order valence-electron chi connectivity index (χ3n) is 9.99. The zero-order valence-electron chi connectivity index (χ0n) is 24.7.